The first-order valence-corrected chi connectivity index (χ1v) is 6.33. The van der Waals surface area contributed by atoms with Gasteiger partial charge in [0.15, 0.2) is 0 Å². The van der Waals surface area contributed by atoms with E-state index in [1.807, 2.05) is 0 Å². The van der Waals surface area contributed by atoms with Crippen molar-refractivity contribution in [3.8, 4) is 0 Å². The lowest BCUT2D eigenvalue weighted by atomic mass is 10.1. The van der Waals surface area contributed by atoms with E-state index in [2.05, 4.69) is 5.32 Å². The summed E-state index contributed by atoms with van der Waals surface area (Å²) in [5.74, 6) is -0.616. The molecule has 16 heavy (non-hydrogen) atoms. The Balaban J connectivity index is 2.59. The molecule has 0 aliphatic rings. The Labute approximate surface area is 92.6 Å². The third kappa shape index (κ3) is 4.12. The predicted molar refractivity (Wildman–Crippen MR) is 58.4 cm³/mol. The summed E-state index contributed by atoms with van der Waals surface area (Å²) in [5, 5.41) is 2.09. The van der Waals surface area contributed by atoms with Crippen molar-refractivity contribution in [2.24, 2.45) is 5.73 Å². The van der Waals surface area contributed by atoms with Crippen molar-refractivity contribution >= 4 is 13.5 Å². The minimum absolute atomic E-state index is 0.589. The Morgan fingerprint density at radius 1 is 1.38 bits per heavy atom. The van der Waals surface area contributed by atoms with Crippen molar-refractivity contribution in [2.75, 3.05) is 6.29 Å². The van der Waals surface area contributed by atoms with E-state index in [1.54, 1.807) is 30.3 Å². The van der Waals surface area contributed by atoms with Crippen molar-refractivity contribution in [3.05, 3.63) is 35.9 Å². The largest absolute Gasteiger partial charge is 0.344 e. The summed E-state index contributed by atoms with van der Waals surface area (Å²) in [6.07, 6.45) is -0.702. The van der Waals surface area contributed by atoms with Gasteiger partial charge in [0.1, 0.15) is 12.3 Å². The van der Waals surface area contributed by atoms with Crippen LogP contribution < -0.4 is 11.1 Å². The number of rotatable bonds is 4. The van der Waals surface area contributed by atoms with Crippen LogP contribution in [0.5, 0.6) is 0 Å². The van der Waals surface area contributed by atoms with E-state index in [-0.39, 0.29) is 0 Å². The van der Waals surface area contributed by atoms with E-state index >= 15 is 0 Å². The molecule has 0 heterocycles. The molecule has 0 bridgehead atoms. The van der Waals surface area contributed by atoms with Gasteiger partial charge in [-0.15, -0.1) is 0 Å². The minimum atomic E-state index is -4.24. The molecule has 1 amide bonds. The monoisotopic (exact) mass is 244 g/mol. The maximum atomic E-state index is 11.4. The molecular formula is C9H13N2O4P. The number of carbonyl (C=O) groups is 1. The van der Waals surface area contributed by atoms with Crippen LogP contribution in [0.3, 0.4) is 0 Å². The van der Waals surface area contributed by atoms with Crippen molar-refractivity contribution in [1.82, 2.24) is 5.32 Å². The van der Waals surface area contributed by atoms with Gasteiger partial charge in [0.05, 0.1) is 0 Å². The molecule has 0 aromatic heterocycles. The van der Waals surface area contributed by atoms with Crippen molar-refractivity contribution in [1.29, 1.82) is 0 Å². The SMILES string of the molecule is NC(C(=O)NCP(=O)(O)O)c1ccccc1. The Hall–Kier alpha value is -1.20. The van der Waals surface area contributed by atoms with Crippen molar-refractivity contribution in [3.63, 3.8) is 0 Å². The van der Waals surface area contributed by atoms with Crippen LogP contribution in [0.25, 0.3) is 0 Å². The number of benzene rings is 1. The van der Waals surface area contributed by atoms with E-state index in [9.17, 15) is 9.36 Å². The first kappa shape index (κ1) is 12.9. The second-order valence-electron chi connectivity index (χ2n) is 3.25. The van der Waals surface area contributed by atoms with E-state index in [1.165, 1.54) is 0 Å². The summed E-state index contributed by atoms with van der Waals surface area (Å²) < 4.78 is 10.5. The fourth-order valence-electron chi connectivity index (χ4n) is 1.10. The molecule has 0 aliphatic heterocycles. The Bertz CT molecular complexity index is 403. The molecule has 6 nitrogen and oxygen atoms in total. The molecule has 0 fully saturated rings. The van der Waals surface area contributed by atoms with Crippen LogP contribution in [0.1, 0.15) is 11.6 Å². The standard InChI is InChI=1S/C9H13N2O4P/c10-8(7-4-2-1-3-5-7)9(12)11-6-16(13,14)15/h1-5,8H,6,10H2,(H,11,12)(H2,13,14,15). The van der Waals surface area contributed by atoms with Gasteiger partial charge in [0.25, 0.3) is 0 Å². The quantitative estimate of drug-likeness (QED) is 0.554. The summed E-state index contributed by atoms with van der Waals surface area (Å²) in [4.78, 5) is 28.6. The minimum Gasteiger partial charge on any atom is -0.343 e. The zero-order valence-corrected chi connectivity index (χ0v) is 9.30. The molecule has 0 aliphatic carbocycles. The first-order chi connectivity index (χ1) is 7.40. The highest BCUT2D eigenvalue weighted by atomic mass is 31.2. The third-order valence-corrected chi connectivity index (χ3v) is 2.47. The van der Waals surface area contributed by atoms with Crippen molar-refractivity contribution < 1.29 is 19.1 Å². The molecular weight excluding hydrogens is 231 g/mol. The smallest absolute Gasteiger partial charge is 0.343 e. The Kier molecular flexibility index (Phi) is 4.20. The van der Waals surface area contributed by atoms with Crippen LogP contribution in [-0.2, 0) is 9.36 Å². The summed E-state index contributed by atoms with van der Waals surface area (Å²) in [5.41, 5.74) is 6.19. The van der Waals surface area contributed by atoms with Gasteiger partial charge in [-0.1, -0.05) is 30.3 Å². The summed E-state index contributed by atoms with van der Waals surface area (Å²) >= 11 is 0. The molecule has 7 heteroatoms. The summed E-state index contributed by atoms with van der Waals surface area (Å²) in [7, 11) is -4.24. The number of amides is 1. The lowest BCUT2D eigenvalue weighted by Gasteiger charge is -2.12. The average molecular weight is 244 g/mol. The van der Waals surface area contributed by atoms with Crippen LogP contribution in [0.4, 0.5) is 0 Å². The average Bonchev–Trinajstić information content (AvgIpc) is 2.25. The third-order valence-electron chi connectivity index (χ3n) is 1.90. The Morgan fingerprint density at radius 3 is 2.44 bits per heavy atom. The highest BCUT2D eigenvalue weighted by molar-refractivity contribution is 7.51. The number of hydrogen-bond acceptors (Lipinski definition) is 3. The van der Waals surface area contributed by atoms with Crippen LogP contribution in [0, 0.1) is 0 Å². The molecule has 1 aromatic rings. The maximum absolute atomic E-state index is 11.4. The Morgan fingerprint density at radius 2 is 1.94 bits per heavy atom. The molecule has 0 radical (unpaired) electrons. The van der Waals surface area contributed by atoms with Crippen molar-refractivity contribution in [2.45, 2.75) is 6.04 Å². The highest BCUT2D eigenvalue weighted by Crippen LogP contribution is 2.32. The van der Waals surface area contributed by atoms with Crippen LogP contribution in [-0.4, -0.2) is 22.0 Å². The second kappa shape index (κ2) is 5.23. The molecule has 1 aromatic carbocycles. The molecule has 1 unspecified atom stereocenters. The topological polar surface area (TPSA) is 113 Å². The van der Waals surface area contributed by atoms with Gasteiger partial charge in [-0.05, 0) is 5.56 Å². The van der Waals surface area contributed by atoms with E-state index in [0.29, 0.717) is 5.56 Å². The van der Waals surface area contributed by atoms with Crippen LogP contribution >= 0.6 is 7.60 Å². The lowest BCUT2D eigenvalue weighted by molar-refractivity contribution is -0.122. The second-order valence-corrected chi connectivity index (χ2v) is 4.90. The van der Waals surface area contributed by atoms with Gasteiger partial charge in [0, 0.05) is 0 Å². The van der Waals surface area contributed by atoms with Gasteiger partial charge >= 0.3 is 7.60 Å². The van der Waals surface area contributed by atoms with Gasteiger partial charge in [0.2, 0.25) is 5.91 Å². The number of nitrogens with two attached hydrogens (primary N) is 1. The van der Waals surface area contributed by atoms with Gasteiger partial charge in [-0.3, -0.25) is 9.36 Å². The zero-order valence-electron chi connectivity index (χ0n) is 8.41. The number of hydrogen-bond donors (Lipinski definition) is 4. The summed E-state index contributed by atoms with van der Waals surface area (Å²) in [6.45, 7) is 0. The molecule has 0 saturated heterocycles. The van der Waals surface area contributed by atoms with Gasteiger partial charge in [-0.25, -0.2) is 0 Å². The van der Waals surface area contributed by atoms with E-state index in [4.69, 9.17) is 15.5 Å². The van der Waals surface area contributed by atoms with Crippen LogP contribution in [0.15, 0.2) is 30.3 Å². The number of carbonyl (C=O) groups excluding carboxylic acids is 1. The van der Waals surface area contributed by atoms with E-state index < -0.39 is 25.8 Å². The molecule has 0 spiro atoms. The van der Waals surface area contributed by atoms with E-state index in [0.717, 1.165) is 0 Å². The first-order valence-electron chi connectivity index (χ1n) is 4.53. The fourth-order valence-corrected chi connectivity index (χ4v) is 1.46. The number of nitrogens with one attached hydrogen (secondary N) is 1. The zero-order chi connectivity index (χ0) is 12.2. The molecule has 5 N–H and O–H groups in total. The maximum Gasteiger partial charge on any atom is 0.344 e. The molecule has 1 rings (SSSR count). The van der Waals surface area contributed by atoms with Gasteiger partial charge in [-0.2, -0.15) is 0 Å². The summed E-state index contributed by atoms with van der Waals surface area (Å²) in [6, 6.07) is 7.65. The predicted octanol–water partition coefficient (Wildman–Crippen LogP) is -0.0622. The molecule has 88 valence electrons. The highest BCUT2D eigenvalue weighted by Gasteiger charge is 2.19. The van der Waals surface area contributed by atoms with Gasteiger partial charge < -0.3 is 20.8 Å². The fraction of sp³-hybridized carbons (Fsp3) is 0.222. The molecule has 1 atom stereocenters. The lowest BCUT2D eigenvalue weighted by Crippen LogP contribution is -2.34. The molecule has 0 saturated carbocycles. The normalized spacial score (nSPS) is 13.2. The van der Waals surface area contributed by atoms with Crippen LogP contribution in [0.2, 0.25) is 0 Å².